The van der Waals surface area contributed by atoms with Crippen molar-refractivity contribution in [1.82, 2.24) is 0 Å². The van der Waals surface area contributed by atoms with Crippen molar-refractivity contribution in [2.45, 2.75) is 12.8 Å². The van der Waals surface area contributed by atoms with Gasteiger partial charge in [0.2, 0.25) is 0 Å². The molecule has 0 bridgehead atoms. The highest BCUT2D eigenvalue weighted by atomic mass is 79.9. The Kier molecular flexibility index (Phi) is 5.36. The number of rotatable bonds is 3. The van der Waals surface area contributed by atoms with Crippen LogP contribution in [0.15, 0.2) is 24.3 Å². The molecule has 1 nitrogen and oxygen atoms in total. The van der Waals surface area contributed by atoms with Gasteiger partial charge in [0.15, 0.2) is 0 Å². The van der Waals surface area contributed by atoms with Gasteiger partial charge in [-0.15, -0.1) is 0 Å². The Labute approximate surface area is 93.3 Å². The van der Waals surface area contributed by atoms with Crippen LogP contribution in [-0.4, -0.2) is 17.0 Å². The Morgan fingerprint density at radius 1 is 1.29 bits per heavy atom. The molecule has 0 aliphatic rings. The van der Waals surface area contributed by atoms with Crippen LogP contribution in [0, 0.1) is 11.8 Å². The number of aryl methyl sites for hydroxylation is 1. The number of aliphatic hydroxyl groups excluding tert-OH is 1. The van der Waals surface area contributed by atoms with Crippen LogP contribution in [0.3, 0.4) is 0 Å². The van der Waals surface area contributed by atoms with Crippen LogP contribution >= 0.6 is 15.9 Å². The van der Waals surface area contributed by atoms with Crippen LogP contribution in [0.4, 0.5) is 0 Å². The standard InChI is InChI=1S/C12H13BrO/c13-9-3-7-11-5-1-2-6-12(11)8-4-10-14/h1-2,5-6,14H,4,8-10H2. The average Bonchev–Trinajstić information content (AvgIpc) is 2.24. The molecule has 0 heterocycles. The first-order valence-corrected chi connectivity index (χ1v) is 5.74. The summed E-state index contributed by atoms with van der Waals surface area (Å²) in [5.41, 5.74) is 2.29. The van der Waals surface area contributed by atoms with Gasteiger partial charge in [-0.25, -0.2) is 0 Å². The fraction of sp³-hybridized carbons (Fsp3) is 0.333. The molecular formula is C12H13BrO. The monoisotopic (exact) mass is 252 g/mol. The minimum absolute atomic E-state index is 0.236. The largest absolute Gasteiger partial charge is 0.396 e. The lowest BCUT2D eigenvalue weighted by atomic mass is 10.0. The molecule has 1 N–H and O–H groups in total. The van der Waals surface area contributed by atoms with Gasteiger partial charge in [-0.3, -0.25) is 0 Å². The summed E-state index contributed by atoms with van der Waals surface area (Å²) in [6.07, 6.45) is 1.69. The molecule has 0 radical (unpaired) electrons. The predicted octanol–water partition coefficient (Wildman–Crippen LogP) is 2.36. The van der Waals surface area contributed by atoms with Gasteiger partial charge in [0.25, 0.3) is 0 Å². The highest BCUT2D eigenvalue weighted by Gasteiger charge is 1.97. The van der Waals surface area contributed by atoms with Crippen LogP contribution in [0.25, 0.3) is 0 Å². The first kappa shape index (κ1) is 11.3. The van der Waals surface area contributed by atoms with Gasteiger partial charge in [-0.05, 0) is 24.5 Å². The van der Waals surface area contributed by atoms with E-state index >= 15 is 0 Å². The SMILES string of the molecule is OCCCc1ccccc1C#CCBr. The van der Waals surface area contributed by atoms with E-state index in [2.05, 4.69) is 33.8 Å². The van der Waals surface area contributed by atoms with Crippen molar-refractivity contribution in [1.29, 1.82) is 0 Å². The molecular weight excluding hydrogens is 240 g/mol. The molecule has 0 unspecified atom stereocenters. The summed E-state index contributed by atoms with van der Waals surface area (Å²) in [5.74, 6) is 6.08. The summed E-state index contributed by atoms with van der Waals surface area (Å²) in [5, 5.41) is 9.45. The van der Waals surface area contributed by atoms with E-state index in [1.54, 1.807) is 0 Å². The molecule has 1 aromatic carbocycles. The van der Waals surface area contributed by atoms with Gasteiger partial charge >= 0.3 is 0 Å². The van der Waals surface area contributed by atoms with Gasteiger partial charge in [-0.2, -0.15) is 0 Å². The fourth-order valence-corrected chi connectivity index (χ4v) is 1.40. The first-order valence-electron chi connectivity index (χ1n) is 4.62. The van der Waals surface area contributed by atoms with E-state index in [0.29, 0.717) is 5.33 Å². The van der Waals surface area contributed by atoms with E-state index in [0.717, 1.165) is 18.4 Å². The molecule has 0 aromatic heterocycles. The van der Waals surface area contributed by atoms with Crippen LogP contribution in [-0.2, 0) is 6.42 Å². The molecule has 0 amide bonds. The molecule has 14 heavy (non-hydrogen) atoms. The van der Waals surface area contributed by atoms with Gasteiger partial charge < -0.3 is 5.11 Å². The maximum absolute atomic E-state index is 8.75. The summed E-state index contributed by atoms with van der Waals surface area (Å²) in [4.78, 5) is 0. The van der Waals surface area contributed by atoms with Crippen molar-refractivity contribution in [2.24, 2.45) is 0 Å². The number of hydrogen-bond acceptors (Lipinski definition) is 1. The molecule has 1 aromatic rings. The number of hydrogen-bond donors (Lipinski definition) is 1. The summed E-state index contributed by atoms with van der Waals surface area (Å²) in [6.45, 7) is 0.236. The van der Waals surface area contributed by atoms with E-state index < -0.39 is 0 Å². The third-order valence-corrected chi connectivity index (χ3v) is 2.19. The molecule has 0 atom stereocenters. The topological polar surface area (TPSA) is 20.2 Å². The second kappa shape index (κ2) is 6.64. The van der Waals surface area contributed by atoms with E-state index in [1.165, 1.54) is 5.56 Å². The van der Waals surface area contributed by atoms with Crippen LogP contribution in [0.5, 0.6) is 0 Å². The summed E-state index contributed by atoms with van der Waals surface area (Å²) >= 11 is 3.27. The number of alkyl halides is 1. The van der Waals surface area contributed by atoms with E-state index in [9.17, 15) is 0 Å². The highest BCUT2D eigenvalue weighted by molar-refractivity contribution is 9.09. The first-order chi connectivity index (χ1) is 6.88. The predicted molar refractivity (Wildman–Crippen MR) is 62.5 cm³/mol. The highest BCUT2D eigenvalue weighted by Crippen LogP contribution is 2.09. The van der Waals surface area contributed by atoms with Crippen molar-refractivity contribution in [3.63, 3.8) is 0 Å². The molecule has 74 valence electrons. The molecule has 0 aliphatic carbocycles. The Morgan fingerprint density at radius 2 is 2.07 bits per heavy atom. The van der Waals surface area contributed by atoms with Crippen molar-refractivity contribution in [3.05, 3.63) is 35.4 Å². The third kappa shape index (κ3) is 3.53. The van der Waals surface area contributed by atoms with Gasteiger partial charge in [-0.1, -0.05) is 46.0 Å². The van der Waals surface area contributed by atoms with E-state index in [4.69, 9.17) is 5.11 Å². The van der Waals surface area contributed by atoms with Crippen molar-refractivity contribution < 1.29 is 5.11 Å². The smallest absolute Gasteiger partial charge is 0.0649 e. The maximum atomic E-state index is 8.75. The second-order valence-electron chi connectivity index (χ2n) is 2.92. The Bertz CT molecular complexity index is 336. The molecule has 1 rings (SSSR count). The van der Waals surface area contributed by atoms with Gasteiger partial charge in [0, 0.05) is 12.2 Å². The molecule has 0 saturated heterocycles. The zero-order chi connectivity index (χ0) is 10.2. The summed E-state index contributed by atoms with van der Waals surface area (Å²) in [6, 6.07) is 8.07. The minimum atomic E-state index is 0.236. The van der Waals surface area contributed by atoms with Crippen LogP contribution < -0.4 is 0 Å². The summed E-state index contributed by atoms with van der Waals surface area (Å²) in [7, 11) is 0. The normalized spacial score (nSPS) is 9.29. The average molecular weight is 253 g/mol. The van der Waals surface area contributed by atoms with Crippen molar-refractivity contribution in [3.8, 4) is 11.8 Å². The lowest BCUT2D eigenvalue weighted by Crippen LogP contribution is -1.92. The molecule has 2 heteroatoms. The zero-order valence-electron chi connectivity index (χ0n) is 7.96. The summed E-state index contributed by atoms with van der Waals surface area (Å²) < 4.78 is 0. The Morgan fingerprint density at radius 3 is 2.79 bits per heavy atom. The lowest BCUT2D eigenvalue weighted by Gasteiger charge is -2.02. The van der Waals surface area contributed by atoms with Crippen LogP contribution in [0.2, 0.25) is 0 Å². The quantitative estimate of drug-likeness (QED) is 0.647. The fourth-order valence-electron chi connectivity index (χ4n) is 1.26. The Balaban J connectivity index is 2.80. The second-order valence-corrected chi connectivity index (χ2v) is 3.48. The zero-order valence-corrected chi connectivity index (χ0v) is 9.55. The maximum Gasteiger partial charge on any atom is 0.0649 e. The number of halogens is 1. The van der Waals surface area contributed by atoms with E-state index in [-0.39, 0.29) is 6.61 Å². The molecule has 0 saturated carbocycles. The lowest BCUT2D eigenvalue weighted by molar-refractivity contribution is 0.288. The van der Waals surface area contributed by atoms with Gasteiger partial charge in [0.1, 0.15) is 0 Å². The number of benzene rings is 1. The van der Waals surface area contributed by atoms with Crippen molar-refractivity contribution in [2.75, 3.05) is 11.9 Å². The molecule has 0 fully saturated rings. The number of aliphatic hydroxyl groups is 1. The minimum Gasteiger partial charge on any atom is -0.396 e. The van der Waals surface area contributed by atoms with E-state index in [1.807, 2.05) is 18.2 Å². The third-order valence-electron chi connectivity index (χ3n) is 1.91. The van der Waals surface area contributed by atoms with Gasteiger partial charge in [0.05, 0.1) is 5.33 Å². The molecule has 0 aliphatic heterocycles. The Hall–Kier alpha value is -0.780. The van der Waals surface area contributed by atoms with Crippen molar-refractivity contribution >= 4 is 15.9 Å². The van der Waals surface area contributed by atoms with Crippen LogP contribution in [0.1, 0.15) is 17.5 Å². The molecule has 0 spiro atoms.